The van der Waals surface area contributed by atoms with Crippen molar-refractivity contribution in [2.24, 2.45) is 5.84 Å². The Morgan fingerprint density at radius 1 is 0.846 bits per heavy atom. The highest BCUT2D eigenvalue weighted by molar-refractivity contribution is 6.61. The lowest BCUT2D eigenvalue weighted by Crippen LogP contribution is -2.49. The number of ether oxygens (including phenoxy) is 4. The molecule has 0 bridgehead atoms. The summed E-state index contributed by atoms with van der Waals surface area (Å²) in [5, 5.41) is 24.1. The smallest absolute Gasteiger partial charge is 0.414 e. The van der Waals surface area contributed by atoms with Gasteiger partial charge in [0, 0.05) is 69.4 Å². The Morgan fingerprint density at radius 2 is 1.26 bits per heavy atom. The van der Waals surface area contributed by atoms with Gasteiger partial charge in [0.2, 0.25) is 0 Å². The van der Waals surface area contributed by atoms with Crippen molar-refractivity contribution in [3.8, 4) is 11.5 Å². The monoisotopic (exact) mass is 581 g/mol. The topological polar surface area (TPSA) is 202 Å². The molecule has 3 N–H and O–H groups in total. The van der Waals surface area contributed by atoms with Gasteiger partial charge in [-0.15, -0.1) is 0 Å². The van der Waals surface area contributed by atoms with Crippen LogP contribution in [0.4, 0.5) is 21.0 Å². The highest BCUT2D eigenvalue weighted by Gasteiger charge is 2.14. The van der Waals surface area contributed by atoms with Crippen molar-refractivity contribution in [3.05, 3.63) is 68.8 Å². The molecule has 0 radical (unpaired) electrons. The van der Waals surface area contributed by atoms with Gasteiger partial charge < -0.3 is 18.9 Å². The van der Waals surface area contributed by atoms with E-state index in [0.29, 0.717) is 26.3 Å². The predicted molar refractivity (Wildman–Crippen MR) is 143 cm³/mol. The van der Waals surface area contributed by atoms with Gasteiger partial charge in [0.05, 0.1) is 36.3 Å². The number of hydrazine groups is 2. The zero-order valence-corrected chi connectivity index (χ0v) is 21.4. The molecule has 2 heterocycles. The van der Waals surface area contributed by atoms with Crippen molar-refractivity contribution in [1.82, 2.24) is 15.4 Å². The largest absolute Gasteiger partial charge is 0.427 e. The number of amides is 1. The van der Waals surface area contributed by atoms with E-state index in [1.54, 1.807) is 10.0 Å². The first-order valence-electron chi connectivity index (χ1n) is 13.4. The van der Waals surface area contributed by atoms with E-state index in [2.05, 4.69) is 10.2 Å². The summed E-state index contributed by atoms with van der Waals surface area (Å²) in [4.78, 5) is 41.4. The number of nitrogens with zero attached hydrogens (tertiary/aromatic N) is 4. The van der Waals surface area contributed by atoms with Crippen LogP contribution < -0.4 is 20.7 Å². The fraction of sp³-hybridized carbons (Fsp3) is 0.364. The Hall–Kier alpha value is -3.93. The van der Waals surface area contributed by atoms with Crippen LogP contribution in [0, 0.1) is 20.2 Å². The van der Waals surface area contributed by atoms with E-state index >= 15 is 0 Å². The van der Waals surface area contributed by atoms with Crippen LogP contribution in [0.3, 0.4) is 0 Å². The average Bonchev–Trinajstić information content (AvgIpc) is 3.01. The number of nitro groups is 2. The van der Waals surface area contributed by atoms with E-state index in [4.69, 9.17) is 37.6 Å². The summed E-state index contributed by atoms with van der Waals surface area (Å²) < 4.78 is 39.6. The van der Waals surface area contributed by atoms with Crippen LogP contribution >= 0.6 is 11.6 Å². The van der Waals surface area contributed by atoms with E-state index in [9.17, 15) is 29.8 Å². The minimum Gasteiger partial charge on any atom is -0.414 e. The third-order valence-corrected chi connectivity index (χ3v) is 4.89. The number of carbonyl (C=O) groups is 2. The van der Waals surface area contributed by atoms with Gasteiger partial charge in [0.25, 0.3) is 11.4 Å². The van der Waals surface area contributed by atoms with Crippen molar-refractivity contribution < 1.29 is 45.7 Å². The number of benzene rings is 2. The number of hydrogen-bond acceptors (Lipinski definition) is 13. The molecule has 1 amide bonds. The van der Waals surface area contributed by atoms with Crippen molar-refractivity contribution in [2.75, 3.05) is 52.6 Å². The lowest BCUT2D eigenvalue weighted by molar-refractivity contribution is -0.385. The molecule has 218 valence electrons. The first-order valence-corrected chi connectivity index (χ1v) is 11.8. The molecule has 2 fully saturated rings. The van der Waals surface area contributed by atoms with Crippen molar-refractivity contribution in [1.29, 1.82) is 0 Å². The average molecular weight is 582 g/mol. The molecule has 0 spiro atoms. The van der Waals surface area contributed by atoms with E-state index in [1.165, 1.54) is 48.5 Å². The highest BCUT2D eigenvalue weighted by Crippen LogP contribution is 2.18. The Kier molecular flexibility index (Phi) is 12.1. The van der Waals surface area contributed by atoms with E-state index < -0.39 is 21.4 Å². The van der Waals surface area contributed by atoms with E-state index in [1.807, 2.05) is 0 Å². The zero-order chi connectivity index (χ0) is 32.6. The minimum absolute atomic E-state index is 0. The van der Waals surface area contributed by atoms with Crippen LogP contribution in [0.2, 0.25) is 0 Å². The molecular formula is C22H33ClN6O10. The third kappa shape index (κ3) is 12.9. The Balaban J connectivity index is 0. The number of carbonyl (C=O) groups excluding carboxylic acids is 2. The minimum atomic E-state index is -0.978. The fourth-order valence-electron chi connectivity index (χ4n) is 2.88. The maximum absolute atomic E-state index is 11.5. The lowest BCUT2D eigenvalue weighted by Gasteiger charge is -2.26. The summed E-state index contributed by atoms with van der Waals surface area (Å²) >= 11 is 4.92. The van der Waals surface area contributed by atoms with Gasteiger partial charge in [-0.1, -0.05) is 0 Å². The van der Waals surface area contributed by atoms with Gasteiger partial charge in [0.15, 0.2) is 0 Å². The summed E-state index contributed by atoms with van der Waals surface area (Å²) in [6.45, 7) is 5.62. The molecule has 0 saturated carbocycles. The van der Waals surface area contributed by atoms with Gasteiger partial charge in [-0.25, -0.2) is 19.6 Å². The van der Waals surface area contributed by atoms with Crippen LogP contribution in [0.1, 0.15) is 7.37 Å². The molecule has 2 aliphatic heterocycles. The summed E-state index contributed by atoms with van der Waals surface area (Å²) in [5.74, 6) is 5.81. The number of rotatable bonds is 5. The maximum atomic E-state index is 11.5. The summed E-state index contributed by atoms with van der Waals surface area (Å²) in [7, 11) is 0. The molecule has 17 heteroatoms. The molecule has 4 rings (SSSR count). The predicted octanol–water partition coefficient (Wildman–Crippen LogP) is 3.19. The van der Waals surface area contributed by atoms with Crippen LogP contribution in [0.25, 0.3) is 0 Å². The lowest BCUT2D eigenvalue weighted by atomic mass is 10.3. The molecule has 0 aliphatic carbocycles. The van der Waals surface area contributed by atoms with Crippen molar-refractivity contribution >= 4 is 34.5 Å². The number of nitro benzene ring substituents is 2. The molecule has 39 heavy (non-hydrogen) atoms. The number of nitrogens with one attached hydrogen (secondary N) is 1. The molecule has 2 aromatic carbocycles. The Bertz CT molecular complexity index is 1100. The SMILES string of the molecule is NN1CCOCC1.O=C(Cl)Oc1ccc([N+](=O)[O-])cc1.O=C(NN1CCOCC1)Oc1ccc([N+](=O)[O-])cc1.[2HH].[2H][2H].[2H][2H]. The second kappa shape index (κ2) is 16.8. The quantitative estimate of drug-likeness (QED) is 0.226. The molecule has 2 saturated heterocycles. The second-order valence-electron chi connectivity index (χ2n) is 7.59. The first kappa shape index (κ1) is 28.1. The third-order valence-electron chi connectivity index (χ3n) is 4.81. The summed E-state index contributed by atoms with van der Waals surface area (Å²) in [6, 6.07) is 10.3. The molecule has 2 aliphatic rings. The number of non-ortho nitro benzene ring substituents is 2. The molecule has 16 nitrogen and oxygen atoms in total. The molecule has 0 atom stereocenters. The van der Waals surface area contributed by atoms with Gasteiger partial charge in [-0.2, -0.15) is 0 Å². The van der Waals surface area contributed by atoms with Gasteiger partial charge in [-0.3, -0.25) is 31.5 Å². The molecule has 0 unspecified atom stereocenters. The molecular weight excluding hydrogens is 544 g/mol. The normalized spacial score (nSPS) is 15.7. The van der Waals surface area contributed by atoms with Crippen molar-refractivity contribution in [2.45, 2.75) is 0 Å². The van der Waals surface area contributed by atoms with Gasteiger partial charge in [-0.05, 0) is 24.3 Å². The highest BCUT2D eigenvalue weighted by atomic mass is 35.5. The Morgan fingerprint density at radius 3 is 1.62 bits per heavy atom. The second-order valence-corrected chi connectivity index (χ2v) is 7.90. The number of hydrogen-bond donors (Lipinski definition) is 2. The zero-order valence-electron chi connectivity index (χ0n) is 24.6. The summed E-state index contributed by atoms with van der Waals surface area (Å²) in [5.41, 5.74) is 1.46. The fourth-order valence-corrected chi connectivity index (χ4v) is 2.97. The van der Waals surface area contributed by atoms with Crippen LogP contribution in [-0.2, 0) is 9.47 Å². The first-order chi connectivity index (χ1) is 20.6. The summed E-state index contributed by atoms with van der Waals surface area (Å²) in [6.07, 6.45) is -0.629. The van der Waals surface area contributed by atoms with Crippen LogP contribution in [-0.4, -0.2) is 84.0 Å². The number of morpholine rings is 2. The standard InChI is InChI=1S/C11H13N3O5.C7H4ClNO4.C4H10N2O.3H2/c15-11(12-13-5-7-18-8-6-13)19-10-3-1-9(2-4-10)14(16)17;8-7(10)13-6-3-1-5(2-4-6)9(11)12;5-6-1-3-7-4-2-6;;;/h1-4H,5-8H2,(H,12,15);1-4H;1-5H2;3*1H/i;;;2*1+1D;1+1. The number of nitrogens with two attached hydrogens (primary N) is 1. The number of halogens is 1. The van der Waals surface area contributed by atoms with Gasteiger partial charge >= 0.3 is 11.5 Å². The van der Waals surface area contributed by atoms with Gasteiger partial charge in [0.1, 0.15) is 11.5 Å². The van der Waals surface area contributed by atoms with E-state index in [0.717, 1.165) is 26.3 Å². The molecule has 2 aromatic rings. The van der Waals surface area contributed by atoms with Crippen molar-refractivity contribution in [3.63, 3.8) is 0 Å². The van der Waals surface area contributed by atoms with Crippen LogP contribution in [0.5, 0.6) is 11.5 Å². The Labute approximate surface area is 235 Å². The van der Waals surface area contributed by atoms with E-state index in [-0.39, 0.29) is 24.3 Å². The maximum Gasteiger partial charge on any atom is 0.427 e. The van der Waals surface area contributed by atoms with Crippen LogP contribution in [0.15, 0.2) is 48.5 Å². The molecule has 0 aromatic heterocycles.